The van der Waals surface area contributed by atoms with E-state index in [2.05, 4.69) is 5.32 Å². The van der Waals surface area contributed by atoms with Crippen LogP contribution in [0.5, 0.6) is 5.75 Å². The van der Waals surface area contributed by atoms with Gasteiger partial charge in [0.05, 0.1) is 10.6 Å². The van der Waals surface area contributed by atoms with Gasteiger partial charge in [0.2, 0.25) is 0 Å². The SMILES string of the molecule is CCN(c1ccc(OCC(=O)NCc2ccccc2)cc1)S(=O)(=O)c1ccccc1. The summed E-state index contributed by atoms with van der Waals surface area (Å²) in [6.45, 7) is 2.39. The minimum atomic E-state index is -3.65. The number of nitrogens with zero attached hydrogens (tertiary/aromatic N) is 1. The van der Waals surface area contributed by atoms with E-state index in [0.717, 1.165) is 5.56 Å². The van der Waals surface area contributed by atoms with Crippen LogP contribution >= 0.6 is 0 Å². The van der Waals surface area contributed by atoms with Gasteiger partial charge in [-0.05, 0) is 48.9 Å². The van der Waals surface area contributed by atoms with E-state index in [-0.39, 0.29) is 17.4 Å². The molecule has 0 aliphatic rings. The Labute approximate surface area is 177 Å². The van der Waals surface area contributed by atoms with Crippen molar-refractivity contribution in [2.45, 2.75) is 18.4 Å². The summed E-state index contributed by atoms with van der Waals surface area (Å²) < 4.78 is 32.6. The number of benzene rings is 3. The average molecular weight is 425 g/mol. The van der Waals surface area contributed by atoms with Gasteiger partial charge in [-0.1, -0.05) is 48.5 Å². The van der Waals surface area contributed by atoms with Crippen molar-refractivity contribution < 1.29 is 17.9 Å². The summed E-state index contributed by atoms with van der Waals surface area (Å²) >= 11 is 0. The van der Waals surface area contributed by atoms with Crippen molar-refractivity contribution in [3.8, 4) is 5.75 Å². The van der Waals surface area contributed by atoms with Crippen molar-refractivity contribution in [2.24, 2.45) is 0 Å². The van der Waals surface area contributed by atoms with Crippen LogP contribution in [0.4, 0.5) is 5.69 Å². The molecule has 0 bridgehead atoms. The molecule has 0 radical (unpaired) electrons. The highest BCUT2D eigenvalue weighted by molar-refractivity contribution is 7.92. The minimum absolute atomic E-state index is 0.119. The second-order valence-electron chi connectivity index (χ2n) is 6.53. The minimum Gasteiger partial charge on any atom is -0.484 e. The number of nitrogens with one attached hydrogen (secondary N) is 1. The molecule has 0 fully saturated rings. The largest absolute Gasteiger partial charge is 0.484 e. The van der Waals surface area contributed by atoms with E-state index in [4.69, 9.17) is 4.74 Å². The van der Waals surface area contributed by atoms with Crippen LogP contribution < -0.4 is 14.4 Å². The fourth-order valence-electron chi connectivity index (χ4n) is 2.92. The van der Waals surface area contributed by atoms with E-state index in [1.807, 2.05) is 30.3 Å². The van der Waals surface area contributed by atoms with Gasteiger partial charge in [0.15, 0.2) is 6.61 Å². The summed E-state index contributed by atoms with van der Waals surface area (Å²) in [5.41, 5.74) is 1.54. The van der Waals surface area contributed by atoms with E-state index in [1.165, 1.54) is 4.31 Å². The number of carbonyl (C=O) groups excluding carboxylic acids is 1. The van der Waals surface area contributed by atoms with E-state index in [1.54, 1.807) is 61.5 Å². The molecule has 0 saturated heterocycles. The molecule has 0 aromatic heterocycles. The third-order valence-electron chi connectivity index (χ3n) is 4.45. The number of anilines is 1. The lowest BCUT2D eigenvalue weighted by atomic mass is 10.2. The van der Waals surface area contributed by atoms with Gasteiger partial charge in [-0.2, -0.15) is 0 Å². The molecule has 6 nitrogen and oxygen atoms in total. The molecule has 30 heavy (non-hydrogen) atoms. The first kappa shape index (κ1) is 21.4. The molecule has 0 atom stereocenters. The van der Waals surface area contributed by atoms with E-state index in [0.29, 0.717) is 24.5 Å². The van der Waals surface area contributed by atoms with Gasteiger partial charge in [0, 0.05) is 13.1 Å². The van der Waals surface area contributed by atoms with Crippen LogP contribution in [0.1, 0.15) is 12.5 Å². The van der Waals surface area contributed by atoms with Crippen LogP contribution in [0.25, 0.3) is 0 Å². The number of rotatable bonds is 9. The summed E-state index contributed by atoms with van der Waals surface area (Å²) in [6, 6.07) is 24.6. The Hall–Kier alpha value is -3.32. The topological polar surface area (TPSA) is 75.7 Å². The van der Waals surface area contributed by atoms with Gasteiger partial charge in [-0.15, -0.1) is 0 Å². The highest BCUT2D eigenvalue weighted by atomic mass is 32.2. The summed E-state index contributed by atoms with van der Waals surface area (Å²) in [6.07, 6.45) is 0. The molecule has 156 valence electrons. The van der Waals surface area contributed by atoms with E-state index < -0.39 is 10.0 Å². The van der Waals surface area contributed by atoms with E-state index >= 15 is 0 Å². The Morgan fingerprint density at radius 2 is 1.50 bits per heavy atom. The van der Waals surface area contributed by atoms with Crippen molar-refractivity contribution in [3.63, 3.8) is 0 Å². The Balaban J connectivity index is 1.59. The Morgan fingerprint density at radius 1 is 0.900 bits per heavy atom. The standard InChI is InChI=1S/C23H24N2O4S/c1-2-25(30(27,28)22-11-7-4-8-12-22)20-13-15-21(16-14-20)29-18-23(26)24-17-19-9-5-3-6-10-19/h3-16H,2,17-18H2,1H3,(H,24,26). The lowest BCUT2D eigenvalue weighted by Gasteiger charge is -2.23. The van der Waals surface area contributed by atoms with E-state index in [9.17, 15) is 13.2 Å². The quantitative estimate of drug-likeness (QED) is 0.570. The van der Waals surface area contributed by atoms with Crippen molar-refractivity contribution >= 4 is 21.6 Å². The lowest BCUT2D eigenvalue weighted by Crippen LogP contribution is -2.30. The number of carbonyl (C=O) groups is 1. The van der Waals surface area contributed by atoms with Gasteiger partial charge in [-0.25, -0.2) is 8.42 Å². The third kappa shape index (κ3) is 5.39. The normalized spacial score (nSPS) is 11.0. The van der Waals surface area contributed by atoms with Crippen molar-refractivity contribution in [1.82, 2.24) is 5.32 Å². The number of ether oxygens (including phenoxy) is 1. The first-order valence-corrected chi connectivity index (χ1v) is 11.1. The molecule has 0 aliphatic heterocycles. The molecule has 7 heteroatoms. The fourth-order valence-corrected chi connectivity index (χ4v) is 4.41. The van der Waals surface area contributed by atoms with Crippen LogP contribution in [0.3, 0.4) is 0 Å². The van der Waals surface area contributed by atoms with Crippen LogP contribution in [0.2, 0.25) is 0 Å². The molecule has 3 rings (SSSR count). The predicted molar refractivity (Wildman–Crippen MR) is 117 cm³/mol. The summed E-state index contributed by atoms with van der Waals surface area (Å²) in [7, 11) is -3.65. The average Bonchev–Trinajstić information content (AvgIpc) is 2.79. The molecule has 0 spiro atoms. The van der Waals surface area contributed by atoms with Gasteiger partial charge in [0.1, 0.15) is 5.75 Å². The van der Waals surface area contributed by atoms with Crippen LogP contribution in [-0.4, -0.2) is 27.5 Å². The van der Waals surface area contributed by atoms with Crippen LogP contribution in [-0.2, 0) is 21.4 Å². The van der Waals surface area contributed by atoms with Gasteiger partial charge < -0.3 is 10.1 Å². The number of amides is 1. The van der Waals surface area contributed by atoms with Crippen molar-refractivity contribution in [3.05, 3.63) is 90.5 Å². The maximum absolute atomic E-state index is 12.9. The lowest BCUT2D eigenvalue weighted by molar-refractivity contribution is -0.123. The number of hydrogen-bond donors (Lipinski definition) is 1. The smallest absolute Gasteiger partial charge is 0.264 e. The van der Waals surface area contributed by atoms with Gasteiger partial charge in [0.25, 0.3) is 15.9 Å². The number of sulfonamides is 1. The Kier molecular flexibility index (Phi) is 7.08. The highest BCUT2D eigenvalue weighted by Crippen LogP contribution is 2.25. The predicted octanol–water partition coefficient (Wildman–Crippen LogP) is 3.60. The molecule has 3 aromatic rings. The molecule has 1 N–H and O–H groups in total. The molecule has 0 saturated carbocycles. The first-order chi connectivity index (χ1) is 14.5. The van der Waals surface area contributed by atoms with Crippen molar-refractivity contribution in [2.75, 3.05) is 17.5 Å². The number of hydrogen-bond acceptors (Lipinski definition) is 4. The zero-order valence-corrected chi connectivity index (χ0v) is 17.5. The second kappa shape index (κ2) is 9.93. The molecule has 0 heterocycles. The monoisotopic (exact) mass is 424 g/mol. The molecular weight excluding hydrogens is 400 g/mol. The highest BCUT2D eigenvalue weighted by Gasteiger charge is 2.23. The summed E-state index contributed by atoms with van der Waals surface area (Å²) in [5, 5.41) is 2.79. The molecular formula is C23H24N2O4S. The first-order valence-electron chi connectivity index (χ1n) is 9.62. The summed E-state index contributed by atoms with van der Waals surface area (Å²) in [5.74, 6) is 0.256. The maximum atomic E-state index is 12.9. The molecule has 1 amide bonds. The molecule has 0 unspecified atom stereocenters. The maximum Gasteiger partial charge on any atom is 0.264 e. The summed E-state index contributed by atoms with van der Waals surface area (Å²) in [4.78, 5) is 12.2. The Morgan fingerprint density at radius 3 is 2.10 bits per heavy atom. The zero-order chi connectivity index (χ0) is 21.4. The Bertz CT molecular complexity index is 1050. The zero-order valence-electron chi connectivity index (χ0n) is 16.7. The van der Waals surface area contributed by atoms with Gasteiger partial charge >= 0.3 is 0 Å². The van der Waals surface area contributed by atoms with Crippen LogP contribution in [0, 0.1) is 0 Å². The van der Waals surface area contributed by atoms with Gasteiger partial charge in [-0.3, -0.25) is 9.10 Å². The molecule has 3 aromatic carbocycles. The fraction of sp³-hybridized carbons (Fsp3) is 0.174. The third-order valence-corrected chi connectivity index (χ3v) is 6.36. The molecule has 0 aliphatic carbocycles. The second-order valence-corrected chi connectivity index (χ2v) is 8.39. The van der Waals surface area contributed by atoms with Crippen LogP contribution in [0.15, 0.2) is 89.8 Å². The van der Waals surface area contributed by atoms with Crippen molar-refractivity contribution in [1.29, 1.82) is 0 Å².